The summed E-state index contributed by atoms with van der Waals surface area (Å²) in [4.78, 5) is 10.8. The number of esters is 1. The highest BCUT2D eigenvalue weighted by atomic mass is 127. The molecule has 0 saturated heterocycles. The van der Waals surface area contributed by atoms with Crippen molar-refractivity contribution in [3.63, 3.8) is 0 Å². The van der Waals surface area contributed by atoms with Gasteiger partial charge in [0.2, 0.25) is 0 Å². The van der Waals surface area contributed by atoms with E-state index < -0.39 is 29.4 Å². The first-order chi connectivity index (χ1) is 14.3. The molecule has 0 aliphatic heterocycles. The molecule has 0 amide bonds. The predicted octanol–water partition coefficient (Wildman–Crippen LogP) is 5.48. The van der Waals surface area contributed by atoms with Gasteiger partial charge in [0.1, 0.15) is 0 Å². The average Bonchev–Trinajstić information content (AvgIpc) is 2.67. The monoisotopic (exact) mass is 558 g/mol. The Morgan fingerprint density at radius 2 is 1.48 bits per heavy atom. The molecule has 2 aromatic rings. The van der Waals surface area contributed by atoms with Gasteiger partial charge in [-0.05, 0) is 59.0 Å². The van der Waals surface area contributed by atoms with Gasteiger partial charge in [0.25, 0.3) is 0 Å². The molecule has 2 rings (SSSR count). The quantitative estimate of drug-likeness (QED) is 0.168. The molecule has 2 aromatic carbocycles. The average molecular weight is 558 g/mol. The lowest BCUT2D eigenvalue weighted by Crippen LogP contribution is -2.06. The van der Waals surface area contributed by atoms with Crippen molar-refractivity contribution in [2.75, 3.05) is 18.6 Å². The lowest BCUT2D eigenvalue weighted by Gasteiger charge is -2.07. The van der Waals surface area contributed by atoms with Gasteiger partial charge in [-0.3, -0.25) is 4.79 Å². The number of anilines is 2. The van der Waals surface area contributed by atoms with Gasteiger partial charge in [-0.15, -0.1) is 0 Å². The van der Waals surface area contributed by atoms with Crippen LogP contribution in [-0.2, 0) is 21.9 Å². The standard InChI is InChI=1S/C13H12F3NO2.C7H5F3IN/c1-19-12(18)5-3-2-4-9-6-7-10(8-11(9)17)13(14,15)16;8-7(9,10)4-1-2-5(11)6(12)3-4/h6-8H,3,5,17H2,1H3;1-3H,12H2. The zero-order valence-corrected chi connectivity index (χ0v) is 18.2. The minimum Gasteiger partial charge on any atom is -0.469 e. The maximum atomic E-state index is 12.4. The molecular formula is C20H17F6IN2O2. The second-order valence-corrected chi connectivity index (χ2v) is 7.07. The molecule has 0 bridgehead atoms. The molecule has 0 radical (unpaired) electrons. The Morgan fingerprint density at radius 1 is 0.968 bits per heavy atom. The molecule has 0 spiro atoms. The number of rotatable bonds is 2. The Hall–Kier alpha value is -2.62. The molecule has 31 heavy (non-hydrogen) atoms. The van der Waals surface area contributed by atoms with E-state index in [1.54, 1.807) is 0 Å². The third kappa shape index (κ3) is 8.95. The van der Waals surface area contributed by atoms with Crippen LogP contribution in [0.3, 0.4) is 0 Å². The van der Waals surface area contributed by atoms with Crippen LogP contribution in [0.1, 0.15) is 29.5 Å². The van der Waals surface area contributed by atoms with Crippen molar-refractivity contribution in [2.45, 2.75) is 25.2 Å². The summed E-state index contributed by atoms with van der Waals surface area (Å²) in [5.41, 5.74) is 9.70. The molecular weight excluding hydrogens is 541 g/mol. The summed E-state index contributed by atoms with van der Waals surface area (Å²) in [5.74, 6) is 4.88. The largest absolute Gasteiger partial charge is 0.469 e. The summed E-state index contributed by atoms with van der Waals surface area (Å²) < 4.78 is 78.3. The second-order valence-electron chi connectivity index (χ2n) is 5.91. The number of halogens is 7. The Balaban J connectivity index is 0.000000343. The molecule has 0 atom stereocenters. The molecule has 0 aliphatic rings. The zero-order valence-electron chi connectivity index (χ0n) is 16.0. The smallest absolute Gasteiger partial charge is 0.416 e. The van der Waals surface area contributed by atoms with Crippen LogP contribution in [0.25, 0.3) is 0 Å². The van der Waals surface area contributed by atoms with Crippen molar-refractivity contribution in [3.8, 4) is 11.8 Å². The number of ether oxygens (including phenoxy) is 1. The SMILES string of the molecule is COC(=O)CCC#Cc1ccc(C(F)(F)F)cc1N.Nc1cc(C(F)(F)F)ccc1I. The summed E-state index contributed by atoms with van der Waals surface area (Å²) in [6, 6.07) is 6.26. The van der Waals surface area contributed by atoms with Crippen LogP contribution in [0.15, 0.2) is 36.4 Å². The van der Waals surface area contributed by atoms with Crippen LogP contribution < -0.4 is 11.5 Å². The fourth-order valence-electron chi connectivity index (χ4n) is 2.00. The van der Waals surface area contributed by atoms with E-state index in [9.17, 15) is 31.1 Å². The highest BCUT2D eigenvalue weighted by molar-refractivity contribution is 14.1. The molecule has 0 saturated carbocycles. The van der Waals surface area contributed by atoms with Crippen molar-refractivity contribution >= 4 is 39.9 Å². The molecule has 0 heterocycles. The van der Waals surface area contributed by atoms with E-state index in [-0.39, 0.29) is 24.2 Å². The number of nitrogens with two attached hydrogens (primary N) is 2. The van der Waals surface area contributed by atoms with Crippen LogP contribution in [0.5, 0.6) is 0 Å². The Labute approximate surface area is 188 Å². The van der Waals surface area contributed by atoms with Gasteiger partial charge in [-0.25, -0.2) is 0 Å². The van der Waals surface area contributed by atoms with E-state index in [1.165, 1.54) is 19.2 Å². The number of carbonyl (C=O) groups is 1. The van der Waals surface area contributed by atoms with Crippen LogP contribution >= 0.6 is 22.6 Å². The van der Waals surface area contributed by atoms with Gasteiger partial charge in [-0.2, -0.15) is 26.3 Å². The number of hydrogen-bond donors (Lipinski definition) is 2. The van der Waals surface area contributed by atoms with Crippen LogP contribution in [-0.4, -0.2) is 13.1 Å². The lowest BCUT2D eigenvalue weighted by atomic mass is 10.1. The fourth-order valence-corrected chi connectivity index (χ4v) is 2.33. The molecule has 168 valence electrons. The summed E-state index contributed by atoms with van der Waals surface area (Å²) in [7, 11) is 1.27. The molecule has 11 heteroatoms. The Bertz CT molecular complexity index is 978. The fraction of sp³-hybridized carbons (Fsp3) is 0.250. The summed E-state index contributed by atoms with van der Waals surface area (Å²) >= 11 is 1.88. The molecule has 0 fully saturated rings. The van der Waals surface area contributed by atoms with Crippen molar-refractivity contribution < 1.29 is 35.9 Å². The number of carbonyl (C=O) groups excluding carboxylic acids is 1. The molecule has 0 aliphatic carbocycles. The third-order valence-electron chi connectivity index (χ3n) is 3.61. The van der Waals surface area contributed by atoms with Crippen molar-refractivity contribution in [1.29, 1.82) is 0 Å². The minimum atomic E-state index is -4.43. The number of hydrogen-bond acceptors (Lipinski definition) is 4. The van der Waals surface area contributed by atoms with Gasteiger partial charge >= 0.3 is 18.3 Å². The van der Waals surface area contributed by atoms with Gasteiger partial charge in [0, 0.05) is 26.9 Å². The first-order valence-corrected chi connectivity index (χ1v) is 9.48. The van der Waals surface area contributed by atoms with Crippen LogP contribution in [0, 0.1) is 15.4 Å². The van der Waals surface area contributed by atoms with E-state index >= 15 is 0 Å². The van der Waals surface area contributed by atoms with E-state index in [1.807, 2.05) is 22.6 Å². The van der Waals surface area contributed by atoms with Gasteiger partial charge in [-0.1, -0.05) is 11.8 Å². The lowest BCUT2D eigenvalue weighted by molar-refractivity contribution is -0.140. The highest BCUT2D eigenvalue weighted by Crippen LogP contribution is 2.32. The maximum Gasteiger partial charge on any atom is 0.416 e. The first kappa shape index (κ1) is 26.4. The van der Waals surface area contributed by atoms with E-state index in [4.69, 9.17) is 11.5 Å². The summed E-state index contributed by atoms with van der Waals surface area (Å²) in [5, 5.41) is 0. The third-order valence-corrected chi connectivity index (χ3v) is 4.59. The molecule has 4 N–H and O–H groups in total. The normalized spacial score (nSPS) is 11.0. The zero-order chi connectivity index (χ0) is 23.8. The number of benzene rings is 2. The minimum absolute atomic E-state index is 0.0413. The predicted molar refractivity (Wildman–Crippen MR) is 113 cm³/mol. The van der Waals surface area contributed by atoms with Crippen LogP contribution in [0.4, 0.5) is 37.7 Å². The van der Waals surface area contributed by atoms with Crippen LogP contribution in [0.2, 0.25) is 0 Å². The van der Waals surface area contributed by atoms with E-state index in [0.29, 0.717) is 9.13 Å². The Morgan fingerprint density at radius 3 is 1.94 bits per heavy atom. The second kappa shape index (κ2) is 11.1. The first-order valence-electron chi connectivity index (χ1n) is 8.40. The van der Waals surface area contributed by atoms with Gasteiger partial charge in [0.05, 0.1) is 24.7 Å². The molecule has 0 unspecified atom stereocenters. The highest BCUT2D eigenvalue weighted by Gasteiger charge is 2.31. The molecule has 0 aromatic heterocycles. The number of methoxy groups -OCH3 is 1. The summed E-state index contributed by atoms with van der Waals surface area (Å²) in [6.07, 6.45) is -8.35. The Kier molecular flexibility index (Phi) is 9.48. The van der Waals surface area contributed by atoms with Gasteiger partial charge < -0.3 is 16.2 Å². The number of alkyl halides is 6. The van der Waals surface area contributed by atoms with E-state index in [2.05, 4.69) is 16.6 Å². The van der Waals surface area contributed by atoms with Crippen molar-refractivity contribution in [2.24, 2.45) is 0 Å². The maximum absolute atomic E-state index is 12.4. The summed E-state index contributed by atoms with van der Waals surface area (Å²) in [6.45, 7) is 0. The van der Waals surface area contributed by atoms with E-state index in [0.717, 1.165) is 24.3 Å². The van der Waals surface area contributed by atoms with Gasteiger partial charge in [0.15, 0.2) is 0 Å². The topological polar surface area (TPSA) is 78.3 Å². The van der Waals surface area contributed by atoms with Crippen molar-refractivity contribution in [3.05, 3.63) is 56.7 Å². The number of nitrogen functional groups attached to an aromatic ring is 2. The molecule has 4 nitrogen and oxygen atoms in total. The van der Waals surface area contributed by atoms with Crippen molar-refractivity contribution in [1.82, 2.24) is 0 Å².